The Morgan fingerprint density at radius 3 is 2.28 bits per heavy atom. The number of nitrogens with zero attached hydrogens (tertiary/aromatic N) is 2. The number of carbonyl (C=O) groups is 1. The van der Waals surface area contributed by atoms with Crippen LogP contribution in [0, 0.1) is 0 Å². The summed E-state index contributed by atoms with van der Waals surface area (Å²) in [5.74, 6) is -0.0319. The van der Waals surface area contributed by atoms with Gasteiger partial charge in [-0.1, -0.05) is 25.0 Å². The molecule has 0 bridgehead atoms. The number of rotatable bonds is 7. The lowest BCUT2D eigenvalue weighted by molar-refractivity contribution is -0.121. The Morgan fingerprint density at radius 1 is 1.03 bits per heavy atom. The molecule has 1 unspecified atom stereocenters. The number of pyridine rings is 1. The SMILES string of the molecule is CC(NC(=O)CCc1ccc(S(=O)(=O)N2CCCCCC2)cc1)c1ccncc1. The molecule has 0 saturated carbocycles. The summed E-state index contributed by atoms with van der Waals surface area (Å²) in [5.41, 5.74) is 1.96. The van der Waals surface area contributed by atoms with E-state index in [1.54, 1.807) is 28.8 Å². The topological polar surface area (TPSA) is 79.4 Å². The number of aryl methyl sites for hydroxylation is 1. The molecule has 1 atom stereocenters. The summed E-state index contributed by atoms with van der Waals surface area (Å²) < 4.78 is 27.3. The zero-order chi connectivity index (χ0) is 20.7. The Kier molecular flexibility index (Phi) is 7.39. The second-order valence-electron chi connectivity index (χ2n) is 7.53. The molecule has 0 spiro atoms. The van der Waals surface area contributed by atoms with Gasteiger partial charge in [0.05, 0.1) is 10.9 Å². The fourth-order valence-electron chi connectivity index (χ4n) is 3.57. The highest BCUT2D eigenvalue weighted by atomic mass is 32.2. The first-order valence-corrected chi connectivity index (χ1v) is 11.7. The molecule has 156 valence electrons. The Bertz CT molecular complexity index is 891. The van der Waals surface area contributed by atoms with Gasteiger partial charge in [-0.2, -0.15) is 4.31 Å². The largest absolute Gasteiger partial charge is 0.350 e. The first-order valence-electron chi connectivity index (χ1n) is 10.3. The van der Waals surface area contributed by atoms with Crippen LogP contribution in [0.1, 0.15) is 56.2 Å². The third-order valence-corrected chi connectivity index (χ3v) is 7.26. The summed E-state index contributed by atoms with van der Waals surface area (Å²) in [7, 11) is -3.43. The van der Waals surface area contributed by atoms with Gasteiger partial charge in [-0.25, -0.2) is 8.42 Å². The monoisotopic (exact) mass is 415 g/mol. The molecule has 0 radical (unpaired) electrons. The van der Waals surface area contributed by atoms with E-state index in [-0.39, 0.29) is 11.9 Å². The zero-order valence-electron chi connectivity index (χ0n) is 16.9. The minimum absolute atomic E-state index is 0.0319. The molecule has 3 rings (SSSR count). The summed E-state index contributed by atoms with van der Waals surface area (Å²) >= 11 is 0. The average Bonchev–Trinajstić information content (AvgIpc) is 3.03. The van der Waals surface area contributed by atoms with Crippen molar-refractivity contribution in [1.82, 2.24) is 14.6 Å². The van der Waals surface area contributed by atoms with Gasteiger partial charge in [-0.15, -0.1) is 0 Å². The summed E-state index contributed by atoms with van der Waals surface area (Å²) in [6.45, 7) is 3.13. The number of hydrogen-bond donors (Lipinski definition) is 1. The number of amides is 1. The van der Waals surface area contributed by atoms with E-state index in [2.05, 4.69) is 10.3 Å². The van der Waals surface area contributed by atoms with Crippen molar-refractivity contribution in [2.45, 2.75) is 56.4 Å². The minimum atomic E-state index is -3.43. The number of nitrogens with one attached hydrogen (secondary N) is 1. The van der Waals surface area contributed by atoms with Crippen LogP contribution in [0.5, 0.6) is 0 Å². The predicted octanol–water partition coefficient (Wildman–Crippen LogP) is 3.46. The van der Waals surface area contributed by atoms with Crippen molar-refractivity contribution in [1.29, 1.82) is 0 Å². The van der Waals surface area contributed by atoms with Crippen LogP contribution in [0.3, 0.4) is 0 Å². The summed E-state index contributed by atoms with van der Waals surface area (Å²) in [5, 5.41) is 2.98. The average molecular weight is 416 g/mol. The molecule has 1 aromatic heterocycles. The fourth-order valence-corrected chi connectivity index (χ4v) is 5.08. The van der Waals surface area contributed by atoms with Gasteiger partial charge in [-0.3, -0.25) is 9.78 Å². The van der Waals surface area contributed by atoms with E-state index in [4.69, 9.17) is 0 Å². The second-order valence-corrected chi connectivity index (χ2v) is 9.47. The third kappa shape index (κ3) is 5.87. The second kappa shape index (κ2) is 9.98. The summed E-state index contributed by atoms with van der Waals surface area (Å²) in [4.78, 5) is 16.6. The molecule has 29 heavy (non-hydrogen) atoms. The zero-order valence-corrected chi connectivity index (χ0v) is 17.7. The van der Waals surface area contributed by atoms with Crippen molar-refractivity contribution in [2.24, 2.45) is 0 Å². The highest BCUT2D eigenvalue weighted by Gasteiger charge is 2.24. The minimum Gasteiger partial charge on any atom is -0.350 e. The van der Waals surface area contributed by atoms with Gasteiger partial charge in [0.15, 0.2) is 0 Å². The van der Waals surface area contributed by atoms with E-state index in [1.807, 2.05) is 31.2 Å². The predicted molar refractivity (Wildman–Crippen MR) is 113 cm³/mol. The lowest BCUT2D eigenvalue weighted by Gasteiger charge is -2.20. The lowest BCUT2D eigenvalue weighted by atomic mass is 10.1. The van der Waals surface area contributed by atoms with Crippen molar-refractivity contribution in [3.8, 4) is 0 Å². The molecule has 2 heterocycles. The molecular weight excluding hydrogens is 386 g/mol. The van der Waals surface area contributed by atoms with E-state index in [9.17, 15) is 13.2 Å². The van der Waals surface area contributed by atoms with Gasteiger partial charge in [0, 0.05) is 31.9 Å². The van der Waals surface area contributed by atoms with Gasteiger partial charge in [0.1, 0.15) is 0 Å². The van der Waals surface area contributed by atoms with E-state index < -0.39 is 10.0 Å². The quantitative estimate of drug-likeness (QED) is 0.751. The van der Waals surface area contributed by atoms with Gasteiger partial charge >= 0.3 is 0 Å². The van der Waals surface area contributed by atoms with Crippen LogP contribution < -0.4 is 5.32 Å². The van der Waals surface area contributed by atoms with E-state index in [0.29, 0.717) is 30.8 Å². The van der Waals surface area contributed by atoms with Crippen LogP contribution in [0.15, 0.2) is 53.7 Å². The van der Waals surface area contributed by atoms with E-state index >= 15 is 0 Å². The van der Waals surface area contributed by atoms with Crippen LogP contribution >= 0.6 is 0 Å². The molecule has 1 fully saturated rings. The van der Waals surface area contributed by atoms with Crippen LogP contribution in [0.4, 0.5) is 0 Å². The summed E-state index contributed by atoms with van der Waals surface area (Å²) in [6.07, 6.45) is 8.36. The molecule has 1 saturated heterocycles. The fraction of sp³-hybridized carbons (Fsp3) is 0.455. The Balaban J connectivity index is 1.54. The van der Waals surface area contributed by atoms with Crippen molar-refractivity contribution >= 4 is 15.9 Å². The molecule has 7 heteroatoms. The van der Waals surface area contributed by atoms with Crippen molar-refractivity contribution in [3.05, 3.63) is 59.9 Å². The highest BCUT2D eigenvalue weighted by molar-refractivity contribution is 7.89. The molecule has 1 aliphatic rings. The molecule has 2 aromatic rings. The van der Waals surface area contributed by atoms with E-state index in [0.717, 1.165) is 36.8 Å². The highest BCUT2D eigenvalue weighted by Crippen LogP contribution is 2.21. The number of sulfonamides is 1. The maximum atomic E-state index is 12.8. The normalized spacial score (nSPS) is 16.7. The smallest absolute Gasteiger partial charge is 0.243 e. The number of carbonyl (C=O) groups excluding carboxylic acids is 1. The van der Waals surface area contributed by atoms with Gasteiger partial charge in [0.2, 0.25) is 15.9 Å². The van der Waals surface area contributed by atoms with Crippen LogP contribution in [0.2, 0.25) is 0 Å². The van der Waals surface area contributed by atoms with Crippen LogP contribution in [0.25, 0.3) is 0 Å². The first-order chi connectivity index (χ1) is 14.0. The lowest BCUT2D eigenvalue weighted by Crippen LogP contribution is -2.31. The van der Waals surface area contributed by atoms with Crippen LogP contribution in [-0.4, -0.2) is 36.7 Å². The molecular formula is C22H29N3O3S. The van der Waals surface area contributed by atoms with E-state index in [1.165, 1.54) is 0 Å². The number of benzene rings is 1. The van der Waals surface area contributed by atoms with Gasteiger partial charge < -0.3 is 5.32 Å². The maximum Gasteiger partial charge on any atom is 0.243 e. The van der Waals surface area contributed by atoms with Gasteiger partial charge in [-0.05, 0) is 61.6 Å². The molecule has 1 aliphatic heterocycles. The Labute approximate surface area is 173 Å². The Morgan fingerprint density at radius 2 is 1.66 bits per heavy atom. The Hall–Kier alpha value is -2.25. The first kappa shape index (κ1) is 21.5. The number of aromatic nitrogens is 1. The van der Waals surface area contributed by atoms with Crippen molar-refractivity contribution < 1.29 is 13.2 Å². The standard InChI is InChI=1S/C22H29N3O3S/c1-18(20-12-14-23-15-13-20)24-22(26)11-8-19-6-9-21(10-7-19)29(27,28)25-16-4-2-3-5-17-25/h6-7,9-10,12-15,18H,2-5,8,11,16-17H2,1H3,(H,24,26). The van der Waals surface area contributed by atoms with Crippen molar-refractivity contribution in [3.63, 3.8) is 0 Å². The number of hydrogen-bond acceptors (Lipinski definition) is 4. The van der Waals surface area contributed by atoms with Gasteiger partial charge in [0.25, 0.3) is 0 Å². The van der Waals surface area contributed by atoms with Crippen molar-refractivity contribution in [2.75, 3.05) is 13.1 Å². The molecule has 1 aromatic carbocycles. The molecule has 6 nitrogen and oxygen atoms in total. The molecule has 1 N–H and O–H groups in total. The third-order valence-electron chi connectivity index (χ3n) is 5.35. The van der Waals surface area contributed by atoms with Crippen LogP contribution in [-0.2, 0) is 21.2 Å². The molecule has 0 aliphatic carbocycles. The summed E-state index contributed by atoms with van der Waals surface area (Å²) in [6, 6.07) is 10.6. The molecule has 1 amide bonds. The maximum absolute atomic E-state index is 12.8.